The first kappa shape index (κ1) is 28.8. The molecule has 0 unspecified atom stereocenters. The SMILES string of the molecule is CC(=O)/C=C(/C)O.CC(C)c1cc[c-]c(-c2nccc3c2oc2cc4c(c(C(C)C)c23)CCCC4)c1.[Ir]. The Balaban J connectivity index is 0.000000422. The van der Waals surface area contributed by atoms with Crippen molar-refractivity contribution in [2.75, 3.05) is 0 Å². The van der Waals surface area contributed by atoms with Crippen LogP contribution >= 0.6 is 0 Å². The zero-order valence-electron chi connectivity index (χ0n) is 22.6. The van der Waals surface area contributed by atoms with Crippen LogP contribution in [0, 0.1) is 6.07 Å². The van der Waals surface area contributed by atoms with Crippen LogP contribution in [0.4, 0.5) is 0 Å². The van der Waals surface area contributed by atoms with Crippen LogP contribution in [-0.2, 0) is 37.7 Å². The monoisotopic (exact) mass is 675 g/mol. The molecule has 0 atom stereocenters. The van der Waals surface area contributed by atoms with E-state index in [0.29, 0.717) is 11.8 Å². The number of furan rings is 1. The third kappa shape index (κ3) is 6.22. The van der Waals surface area contributed by atoms with E-state index in [1.54, 1.807) is 5.56 Å². The first-order valence-corrected chi connectivity index (χ1v) is 12.9. The molecule has 37 heavy (non-hydrogen) atoms. The molecule has 1 aliphatic rings. The standard InChI is InChI=1S/C27H28NO.C5H8O2.Ir/c1-16(2)18-9-7-10-20(14-18)26-27-22(12-13-28-26)25-23(29-27)15-19-8-5-6-11-21(19)24(25)17(3)4;1-4(6)3-5(2)7;/h7,9,12-17H,5-6,8,11H2,1-4H3;3,6H,1-2H3;/q-1;;/b;4-3-;. The maximum absolute atomic E-state index is 10.0. The van der Waals surface area contributed by atoms with E-state index in [1.165, 1.54) is 66.6 Å². The van der Waals surface area contributed by atoms with Crippen LogP contribution in [0.15, 0.2) is 52.8 Å². The van der Waals surface area contributed by atoms with Crippen molar-refractivity contribution in [3.63, 3.8) is 0 Å². The van der Waals surface area contributed by atoms with Gasteiger partial charge in [0.15, 0.2) is 5.78 Å². The average Bonchev–Trinajstić information content (AvgIpc) is 3.20. The number of pyridine rings is 1. The summed E-state index contributed by atoms with van der Waals surface area (Å²) >= 11 is 0. The molecule has 5 heteroatoms. The molecule has 0 saturated carbocycles. The number of rotatable bonds is 4. The fourth-order valence-electron chi connectivity index (χ4n) is 5.23. The van der Waals surface area contributed by atoms with Crippen LogP contribution in [0.2, 0.25) is 0 Å². The molecule has 4 aromatic rings. The number of nitrogens with zero attached hydrogens (tertiary/aromatic N) is 1. The van der Waals surface area contributed by atoms with Crippen LogP contribution in [0.25, 0.3) is 33.2 Å². The van der Waals surface area contributed by atoms with E-state index < -0.39 is 0 Å². The molecule has 197 valence electrons. The summed E-state index contributed by atoms with van der Waals surface area (Å²) < 4.78 is 6.51. The molecule has 1 aliphatic carbocycles. The number of aliphatic hydroxyl groups is 1. The maximum Gasteiger partial charge on any atom is 0.155 e. The van der Waals surface area contributed by atoms with Gasteiger partial charge in [-0.05, 0) is 80.2 Å². The number of hydrogen-bond acceptors (Lipinski definition) is 4. The number of aromatic nitrogens is 1. The number of fused-ring (bicyclic) bond motifs is 4. The fraction of sp³-hybridized carbons (Fsp3) is 0.375. The van der Waals surface area contributed by atoms with Crippen molar-refractivity contribution < 1.29 is 34.4 Å². The van der Waals surface area contributed by atoms with Gasteiger partial charge in [0.05, 0.1) is 5.76 Å². The Morgan fingerprint density at radius 2 is 1.81 bits per heavy atom. The summed E-state index contributed by atoms with van der Waals surface area (Å²) in [5.41, 5.74) is 9.63. The van der Waals surface area contributed by atoms with Gasteiger partial charge in [-0.25, -0.2) is 0 Å². The van der Waals surface area contributed by atoms with Gasteiger partial charge in [-0.2, -0.15) is 0 Å². The zero-order chi connectivity index (χ0) is 26.0. The van der Waals surface area contributed by atoms with Gasteiger partial charge in [0.2, 0.25) is 0 Å². The van der Waals surface area contributed by atoms with E-state index in [9.17, 15) is 4.79 Å². The molecule has 2 aromatic carbocycles. The molecule has 0 aliphatic heterocycles. The van der Waals surface area contributed by atoms with Crippen molar-refractivity contribution >= 4 is 27.7 Å². The molecule has 0 fully saturated rings. The number of aliphatic hydroxyl groups excluding tert-OH is 1. The van der Waals surface area contributed by atoms with E-state index in [1.807, 2.05) is 12.3 Å². The Morgan fingerprint density at radius 3 is 2.43 bits per heavy atom. The van der Waals surface area contributed by atoms with Crippen molar-refractivity contribution in [2.45, 2.75) is 79.1 Å². The molecule has 0 saturated heterocycles. The topological polar surface area (TPSA) is 63.3 Å². The number of benzene rings is 2. The van der Waals surface area contributed by atoms with E-state index in [4.69, 9.17) is 14.5 Å². The largest absolute Gasteiger partial charge is 0.512 e. The van der Waals surface area contributed by atoms with Gasteiger partial charge in [-0.1, -0.05) is 27.7 Å². The van der Waals surface area contributed by atoms with Crippen LogP contribution in [-0.4, -0.2) is 15.9 Å². The van der Waals surface area contributed by atoms with E-state index >= 15 is 0 Å². The number of carbonyl (C=O) groups is 1. The van der Waals surface area contributed by atoms with Gasteiger partial charge < -0.3 is 14.5 Å². The zero-order valence-corrected chi connectivity index (χ0v) is 25.0. The Bertz CT molecular complexity index is 1440. The van der Waals surface area contributed by atoms with Crippen LogP contribution in [0.5, 0.6) is 0 Å². The van der Waals surface area contributed by atoms with Gasteiger partial charge in [0.1, 0.15) is 11.2 Å². The van der Waals surface area contributed by atoms with E-state index in [-0.39, 0.29) is 31.6 Å². The first-order valence-electron chi connectivity index (χ1n) is 12.9. The second-order valence-corrected chi connectivity index (χ2v) is 10.4. The van der Waals surface area contributed by atoms with Gasteiger partial charge in [0.25, 0.3) is 0 Å². The van der Waals surface area contributed by atoms with Gasteiger partial charge in [-0.3, -0.25) is 4.79 Å². The molecule has 0 amide bonds. The van der Waals surface area contributed by atoms with Crippen molar-refractivity contribution in [1.29, 1.82) is 0 Å². The van der Waals surface area contributed by atoms with Crippen molar-refractivity contribution in [2.24, 2.45) is 0 Å². The van der Waals surface area contributed by atoms with E-state index in [0.717, 1.165) is 28.8 Å². The molecule has 4 nitrogen and oxygen atoms in total. The minimum Gasteiger partial charge on any atom is -0.512 e. The Morgan fingerprint density at radius 1 is 1.08 bits per heavy atom. The molecule has 0 bridgehead atoms. The Kier molecular flexibility index (Phi) is 9.50. The minimum absolute atomic E-state index is 0. The second-order valence-electron chi connectivity index (χ2n) is 10.4. The number of aryl methyl sites for hydroxylation is 1. The quantitative estimate of drug-likeness (QED) is 0.134. The molecule has 1 radical (unpaired) electrons. The van der Waals surface area contributed by atoms with Crippen molar-refractivity contribution in [3.05, 3.63) is 76.7 Å². The van der Waals surface area contributed by atoms with Crippen molar-refractivity contribution in [3.8, 4) is 11.3 Å². The van der Waals surface area contributed by atoms with E-state index in [2.05, 4.69) is 58.0 Å². The minimum atomic E-state index is -0.125. The average molecular weight is 675 g/mol. The van der Waals surface area contributed by atoms with Gasteiger partial charge in [-0.15, -0.1) is 35.4 Å². The molecular formula is C32H36IrNO3-. The normalized spacial score (nSPS) is 13.4. The molecule has 2 aromatic heterocycles. The fourth-order valence-corrected chi connectivity index (χ4v) is 5.23. The molecule has 2 heterocycles. The summed E-state index contributed by atoms with van der Waals surface area (Å²) in [5.74, 6) is 0.879. The van der Waals surface area contributed by atoms with Crippen LogP contribution in [0.1, 0.15) is 88.5 Å². The maximum atomic E-state index is 10.0. The summed E-state index contributed by atoms with van der Waals surface area (Å²) in [6.45, 7) is 11.9. The summed E-state index contributed by atoms with van der Waals surface area (Å²) in [4.78, 5) is 14.7. The summed E-state index contributed by atoms with van der Waals surface area (Å²) in [5, 5.41) is 10.8. The molecule has 0 spiro atoms. The number of allylic oxidation sites excluding steroid dienone is 2. The first-order chi connectivity index (χ1) is 17.2. The molecule has 1 N–H and O–H groups in total. The number of carbonyl (C=O) groups excluding carboxylic acids is 1. The predicted octanol–water partition coefficient (Wildman–Crippen LogP) is 8.61. The summed E-state index contributed by atoms with van der Waals surface area (Å²) in [7, 11) is 0. The summed E-state index contributed by atoms with van der Waals surface area (Å²) in [6, 6.07) is 14.2. The van der Waals surface area contributed by atoms with Gasteiger partial charge in [0, 0.05) is 48.8 Å². The summed E-state index contributed by atoms with van der Waals surface area (Å²) in [6.07, 6.45) is 8.01. The molecular weight excluding hydrogens is 639 g/mol. The number of ketones is 1. The predicted molar refractivity (Wildman–Crippen MR) is 148 cm³/mol. The van der Waals surface area contributed by atoms with Crippen LogP contribution < -0.4 is 0 Å². The third-order valence-corrected chi connectivity index (χ3v) is 6.78. The second kappa shape index (κ2) is 12.2. The van der Waals surface area contributed by atoms with Gasteiger partial charge >= 0.3 is 0 Å². The van der Waals surface area contributed by atoms with Crippen molar-refractivity contribution in [1.82, 2.24) is 4.98 Å². The van der Waals surface area contributed by atoms with Crippen LogP contribution in [0.3, 0.4) is 0 Å². The Hall–Kier alpha value is -2.75. The molecule has 5 rings (SSSR count). The smallest absolute Gasteiger partial charge is 0.155 e. The third-order valence-electron chi connectivity index (χ3n) is 6.78. The Labute approximate surface area is 233 Å². The number of hydrogen-bond donors (Lipinski definition) is 1.